The van der Waals surface area contributed by atoms with Crippen LogP contribution in [0.4, 0.5) is 15.3 Å². The number of ether oxygens (including phenoxy) is 5. The van der Waals surface area contributed by atoms with Crippen LogP contribution in [0, 0.1) is 10.1 Å². The number of nitro benzene ring substituents is 1. The quantitative estimate of drug-likeness (QED) is 0.0944. The van der Waals surface area contributed by atoms with Gasteiger partial charge in [-0.05, 0) is 56.0 Å². The normalized spacial score (nSPS) is 17.6. The first-order valence-corrected chi connectivity index (χ1v) is 16.1. The van der Waals surface area contributed by atoms with Gasteiger partial charge in [0.2, 0.25) is 0 Å². The molecule has 1 saturated heterocycles. The molecular formula is C37H41N3O9. The predicted octanol–water partition coefficient (Wildman–Crippen LogP) is 6.78. The summed E-state index contributed by atoms with van der Waals surface area (Å²) in [7, 11) is 2.32. The van der Waals surface area contributed by atoms with Crippen molar-refractivity contribution in [2.75, 3.05) is 47.1 Å². The predicted molar refractivity (Wildman–Crippen MR) is 180 cm³/mol. The lowest BCUT2D eigenvalue weighted by molar-refractivity contribution is -0.384. The number of dihydropyridines is 1. The molecule has 1 N–H and O–H groups in total. The highest BCUT2D eigenvalue weighted by molar-refractivity contribution is 5.65. The number of carbonyl (C=O) groups is 2. The topological polar surface area (TPSA) is 139 Å². The van der Waals surface area contributed by atoms with Gasteiger partial charge in [0.1, 0.15) is 17.4 Å². The molecule has 5 rings (SSSR count). The Morgan fingerprint density at radius 1 is 0.878 bits per heavy atom. The van der Waals surface area contributed by atoms with Crippen LogP contribution in [-0.4, -0.2) is 69.2 Å². The van der Waals surface area contributed by atoms with E-state index >= 15 is 0 Å². The zero-order chi connectivity index (χ0) is 34.8. The Bertz CT molecular complexity index is 1640. The van der Waals surface area contributed by atoms with Crippen LogP contribution in [-0.2, 0) is 29.1 Å². The van der Waals surface area contributed by atoms with E-state index < -0.39 is 23.2 Å². The van der Waals surface area contributed by atoms with Crippen molar-refractivity contribution >= 4 is 18.0 Å². The van der Waals surface area contributed by atoms with Crippen molar-refractivity contribution < 1.29 is 38.2 Å². The number of rotatable bonds is 12. The molecule has 12 nitrogen and oxygen atoms in total. The van der Waals surface area contributed by atoms with Crippen molar-refractivity contribution in [1.82, 2.24) is 10.2 Å². The Morgan fingerprint density at radius 3 is 2.04 bits per heavy atom. The highest BCUT2D eigenvalue weighted by atomic mass is 16.7. The van der Waals surface area contributed by atoms with Gasteiger partial charge in [-0.1, -0.05) is 72.8 Å². The van der Waals surface area contributed by atoms with Crippen LogP contribution in [0.3, 0.4) is 0 Å². The number of nitro groups is 1. The number of methoxy groups -OCH3 is 2. The maximum Gasteiger partial charge on any atom is 0.513 e. The molecule has 2 aliphatic rings. The molecular weight excluding hydrogens is 630 g/mol. The van der Waals surface area contributed by atoms with E-state index in [9.17, 15) is 19.7 Å². The van der Waals surface area contributed by atoms with Gasteiger partial charge in [-0.3, -0.25) is 10.1 Å². The van der Waals surface area contributed by atoms with Gasteiger partial charge in [0, 0.05) is 30.7 Å². The number of nitrogens with one attached hydrogen (secondary N) is 1. The van der Waals surface area contributed by atoms with Gasteiger partial charge < -0.3 is 33.9 Å². The zero-order valence-corrected chi connectivity index (χ0v) is 27.9. The fourth-order valence-electron chi connectivity index (χ4n) is 6.59. The molecule has 0 aromatic heterocycles. The Balaban J connectivity index is 1.27. The molecule has 12 heteroatoms. The molecule has 0 radical (unpaired) electrons. The van der Waals surface area contributed by atoms with Gasteiger partial charge in [-0.25, -0.2) is 9.59 Å². The average Bonchev–Trinajstić information content (AvgIpc) is 3.14. The van der Waals surface area contributed by atoms with E-state index in [1.807, 2.05) is 0 Å². The lowest BCUT2D eigenvalue weighted by atomic mass is 9.68. The standard InChI is InChI=1S/C37H41N3O9/c1-26-33(48-35(41)45-2)32(27-12-10-17-30(24-27)40(43)44)34(49-36(42)46-3)31(38-26)25-47-23-11-20-39-21-18-37(19-22-39,28-13-6-4-7-14-28)29-15-8-5-9-16-29/h4-10,12-17,24,32,38H,11,18-23,25H2,1-3H3. The van der Waals surface area contributed by atoms with Crippen LogP contribution in [0.5, 0.6) is 0 Å². The second kappa shape index (κ2) is 16.3. The SMILES string of the molecule is COC(=O)OC1=C(C)NC(COCCCN2CCC(c3ccccc3)(c3ccccc3)CC2)=C(OC(=O)OC)C1c1cccc([N+](=O)[O-])c1. The minimum Gasteiger partial charge on any atom is -0.437 e. The molecule has 0 bridgehead atoms. The fraction of sp³-hybridized carbons (Fsp3) is 0.351. The maximum absolute atomic E-state index is 12.4. The third kappa shape index (κ3) is 8.27. The van der Waals surface area contributed by atoms with Crippen LogP contribution in [0.25, 0.3) is 0 Å². The van der Waals surface area contributed by atoms with E-state index in [-0.39, 0.29) is 29.2 Å². The minimum absolute atomic E-state index is 0.0195. The molecule has 0 aliphatic carbocycles. The Kier molecular flexibility index (Phi) is 11.7. The monoisotopic (exact) mass is 671 g/mol. The molecule has 49 heavy (non-hydrogen) atoms. The first-order valence-electron chi connectivity index (χ1n) is 16.1. The molecule has 3 aromatic carbocycles. The summed E-state index contributed by atoms with van der Waals surface area (Å²) >= 11 is 0. The van der Waals surface area contributed by atoms with Crippen molar-refractivity contribution in [2.45, 2.75) is 37.5 Å². The van der Waals surface area contributed by atoms with E-state index in [2.05, 4.69) is 70.9 Å². The Morgan fingerprint density at radius 2 is 1.47 bits per heavy atom. The van der Waals surface area contributed by atoms with E-state index in [1.165, 1.54) is 29.3 Å². The van der Waals surface area contributed by atoms with E-state index in [1.54, 1.807) is 13.0 Å². The third-order valence-corrected chi connectivity index (χ3v) is 9.04. The molecule has 0 saturated carbocycles. The van der Waals surface area contributed by atoms with Gasteiger partial charge in [0.25, 0.3) is 5.69 Å². The second-order valence-electron chi connectivity index (χ2n) is 11.9. The molecule has 1 fully saturated rings. The summed E-state index contributed by atoms with van der Waals surface area (Å²) in [5, 5.41) is 14.7. The summed E-state index contributed by atoms with van der Waals surface area (Å²) in [6.07, 6.45) is 0.755. The van der Waals surface area contributed by atoms with E-state index in [0.717, 1.165) is 53.1 Å². The van der Waals surface area contributed by atoms with Gasteiger partial charge in [-0.2, -0.15) is 0 Å². The van der Waals surface area contributed by atoms with Gasteiger partial charge in [0.15, 0.2) is 0 Å². The first-order chi connectivity index (χ1) is 23.8. The largest absolute Gasteiger partial charge is 0.513 e. The lowest BCUT2D eigenvalue weighted by Gasteiger charge is -2.43. The minimum atomic E-state index is -1.03. The van der Waals surface area contributed by atoms with Gasteiger partial charge >= 0.3 is 12.3 Å². The number of carbonyl (C=O) groups excluding carboxylic acids is 2. The van der Waals surface area contributed by atoms with E-state index in [0.29, 0.717) is 23.6 Å². The maximum atomic E-state index is 12.4. The summed E-state index contributed by atoms with van der Waals surface area (Å²) in [6.45, 7) is 4.86. The van der Waals surface area contributed by atoms with Crippen molar-refractivity contribution in [2.24, 2.45) is 0 Å². The highest BCUT2D eigenvalue weighted by Crippen LogP contribution is 2.42. The molecule has 258 valence electrons. The van der Waals surface area contributed by atoms with Crippen LogP contribution >= 0.6 is 0 Å². The van der Waals surface area contributed by atoms with Crippen molar-refractivity contribution in [3.05, 3.63) is 135 Å². The fourth-order valence-corrected chi connectivity index (χ4v) is 6.59. The number of nitrogens with zero attached hydrogens (tertiary/aromatic N) is 2. The number of piperidine rings is 1. The van der Waals surface area contributed by atoms with Gasteiger partial charge in [-0.15, -0.1) is 0 Å². The first kappa shape index (κ1) is 35.1. The smallest absolute Gasteiger partial charge is 0.437 e. The molecule has 3 aromatic rings. The molecule has 2 heterocycles. The summed E-state index contributed by atoms with van der Waals surface area (Å²) in [5.41, 5.74) is 3.60. The number of benzene rings is 3. The summed E-state index contributed by atoms with van der Waals surface area (Å²) < 4.78 is 26.6. The van der Waals surface area contributed by atoms with Gasteiger partial charge in [0.05, 0.1) is 37.1 Å². The van der Waals surface area contributed by atoms with Crippen LogP contribution in [0.1, 0.15) is 48.8 Å². The van der Waals surface area contributed by atoms with Crippen molar-refractivity contribution in [3.8, 4) is 0 Å². The summed E-state index contributed by atoms with van der Waals surface area (Å²) in [6, 6.07) is 27.2. The number of likely N-dealkylation sites (tertiary alicyclic amines) is 1. The number of hydrogen-bond acceptors (Lipinski definition) is 11. The van der Waals surface area contributed by atoms with Crippen LogP contribution < -0.4 is 5.32 Å². The van der Waals surface area contributed by atoms with Crippen molar-refractivity contribution in [1.29, 1.82) is 0 Å². The summed E-state index contributed by atoms with van der Waals surface area (Å²) in [5.74, 6) is -0.964. The van der Waals surface area contributed by atoms with Crippen LogP contribution in [0.2, 0.25) is 0 Å². The lowest BCUT2D eigenvalue weighted by Crippen LogP contribution is -2.43. The third-order valence-electron chi connectivity index (χ3n) is 9.04. The molecule has 0 spiro atoms. The molecule has 2 aliphatic heterocycles. The highest BCUT2D eigenvalue weighted by Gasteiger charge is 2.39. The molecule has 1 unspecified atom stereocenters. The van der Waals surface area contributed by atoms with E-state index in [4.69, 9.17) is 23.7 Å². The summed E-state index contributed by atoms with van der Waals surface area (Å²) in [4.78, 5) is 38.1. The molecule has 0 amide bonds. The average molecular weight is 672 g/mol. The molecule has 1 atom stereocenters. The number of allylic oxidation sites excluding steroid dienone is 1. The Labute approximate surface area is 285 Å². The Hall–Kier alpha value is -5.20. The van der Waals surface area contributed by atoms with Crippen molar-refractivity contribution in [3.63, 3.8) is 0 Å². The zero-order valence-electron chi connectivity index (χ0n) is 27.9. The number of non-ortho nitro benzene ring substituents is 1. The second-order valence-corrected chi connectivity index (χ2v) is 11.9. The number of hydrogen-bond donors (Lipinski definition) is 1. The van der Waals surface area contributed by atoms with Crippen LogP contribution in [0.15, 0.2) is 108 Å².